The highest BCUT2D eigenvalue weighted by molar-refractivity contribution is 7.99. The molecule has 14 heavy (non-hydrogen) atoms. The van der Waals surface area contributed by atoms with Gasteiger partial charge in [0.25, 0.3) is 0 Å². The Labute approximate surface area is 93.4 Å². The van der Waals surface area contributed by atoms with Gasteiger partial charge in [-0.05, 0) is 25.8 Å². The molecule has 0 aromatic rings. The van der Waals surface area contributed by atoms with Crippen LogP contribution in [0.4, 0.5) is 0 Å². The molecule has 0 amide bonds. The minimum atomic E-state index is 0.743. The number of rotatable bonds is 6. The van der Waals surface area contributed by atoms with Gasteiger partial charge in [-0.3, -0.25) is 0 Å². The van der Waals surface area contributed by atoms with Crippen molar-refractivity contribution in [2.24, 2.45) is 0 Å². The van der Waals surface area contributed by atoms with E-state index in [4.69, 9.17) is 0 Å². The van der Waals surface area contributed by atoms with Crippen LogP contribution < -0.4 is 5.32 Å². The fourth-order valence-corrected chi connectivity index (χ4v) is 3.62. The van der Waals surface area contributed by atoms with Gasteiger partial charge >= 0.3 is 0 Å². The van der Waals surface area contributed by atoms with Crippen molar-refractivity contribution in [3.63, 3.8) is 0 Å². The molecule has 1 rings (SSSR count). The summed E-state index contributed by atoms with van der Waals surface area (Å²) in [6.45, 7) is 5.60. The van der Waals surface area contributed by atoms with Crippen LogP contribution in [0, 0.1) is 0 Å². The third kappa shape index (κ3) is 4.70. The van der Waals surface area contributed by atoms with Gasteiger partial charge in [-0.25, -0.2) is 0 Å². The van der Waals surface area contributed by atoms with Crippen molar-refractivity contribution in [2.75, 3.05) is 12.3 Å². The first kappa shape index (κ1) is 12.4. The lowest BCUT2D eigenvalue weighted by atomic mass is 10.0. The summed E-state index contributed by atoms with van der Waals surface area (Å²) >= 11 is 2.21. The van der Waals surface area contributed by atoms with Gasteiger partial charge < -0.3 is 5.32 Å². The van der Waals surface area contributed by atoms with Gasteiger partial charge in [-0.1, -0.05) is 33.1 Å². The average molecular weight is 215 g/mol. The molecular weight excluding hydrogens is 190 g/mol. The maximum absolute atomic E-state index is 3.55. The molecular formula is C12H25NS. The van der Waals surface area contributed by atoms with Gasteiger partial charge in [0.2, 0.25) is 0 Å². The van der Waals surface area contributed by atoms with E-state index in [9.17, 15) is 0 Å². The van der Waals surface area contributed by atoms with Gasteiger partial charge in [0.05, 0.1) is 0 Å². The van der Waals surface area contributed by atoms with Crippen molar-refractivity contribution in [1.29, 1.82) is 0 Å². The summed E-state index contributed by atoms with van der Waals surface area (Å²) in [6.07, 6.45) is 8.61. The van der Waals surface area contributed by atoms with Crippen molar-refractivity contribution in [1.82, 2.24) is 5.32 Å². The molecule has 0 aromatic carbocycles. The molecule has 84 valence electrons. The average Bonchev–Trinajstić information content (AvgIpc) is 2.25. The molecule has 2 heteroatoms. The fraction of sp³-hybridized carbons (Fsp3) is 1.00. The molecule has 1 atom stereocenters. The first-order valence-corrected chi connectivity index (χ1v) is 7.26. The van der Waals surface area contributed by atoms with Crippen LogP contribution in [-0.4, -0.2) is 23.6 Å². The minimum absolute atomic E-state index is 0.743. The molecule has 1 aliphatic carbocycles. The normalized spacial score (nSPS) is 21.0. The van der Waals surface area contributed by atoms with E-state index in [1.807, 2.05) is 0 Å². The number of hydrogen-bond acceptors (Lipinski definition) is 2. The van der Waals surface area contributed by atoms with Crippen molar-refractivity contribution < 1.29 is 0 Å². The quantitative estimate of drug-likeness (QED) is 0.728. The Kier molecular flexibility index (Phi) is 6.70. The van der Waals surface area contributed by atoms with Crippen LogP contribution in [0.15, 0.2) is 0 Å². The second kappa shape index (κ2) is 7.58. The van der Waals surface area contributed by atoms with Crippen LogP contribution in [-0.2, 0) is 0 Å². The lowest BCUT2D eigenvalue weighted by molar-refractivity contribution is 0.512. The second-order valence-electron chi connectivity index (χ2n) is 4.26. The SMILES string of the molecule is CCNC(CC)CSC1CCCCC1. The minimum Gasteiger partial charge on any atom is -0.313 e. The van der Waals surface area contributed by atoms with Crippen LogP contribution in [0.5, 0.6) is 0 Å². The summed E-state index contributed by atoms with van der Waals surface area (Å²) in [4.78, 5) is 0. The Bertz CT molecular complexity index is 128. The van der Waals surface area contributed by atoms with E-state index in [1.54, 1.807) is 0 Å². The lowest BCUT2D eigenvalue weighted by Gasteiger charge is -2.23. The maximum atomic E-state index is 3.55. The van der Waals surface area contributed by atoms with E-state index < -0.39 is 0 Å². The number of nitrogens with one attached hydrogen (secondary N) is 1. The molecule has 0 aliphatic heterocycles. The monoisotopic (exact) mass is 215 g/mol. The first-order valence-electron chi connectivity index (χ1n) is 6.21. The van der Waals surface area contributed by atoms with Gasteiger partial charge in [-0.2, -0.15) is 11.8 Å². The van der Waals surface area contributed by atoms with Gasteiger partial charge in [-0.15, -0.1) is 0 Å². The summed E-state index contributed by atoms with van der Waals surface area (Å²) < 4.78 is 0. The zero-order valence-corrected chi connectivity index (χ0v) is 10.5. The van der Waals surface area contributed by atoms with Crippen LogP contribution in [0.25, 0.3) is 0 Å². The Morgan fingerprint density at radius 2 is 1.93 bits per heavy atom. The highest BCUT2D eigenvalue weighted by Gasteiger charge is 2.15. The molecule has 0 spiro atoms. The zero-order valence-electron chi connectivity index (χ0n) is 9.72. The number of hydrogen-bond donors (Lipinski definition) is 1. The Balaban J connectivity index is 2.10. The summed E-state index contributed by atoms with van der Waals surface area (Å²) in [7, 11) is 0. The maximum Gasteiger partial charge on any atom is 0.0155 e. The Morgan fingerprint density at radius 3 is 2.50 bits per heavy atom. The standard InChI is InChI=1S/C12H25NS/c1-3-11(13-4-2)10-14-12-8-6-5-7-9-12/h11-13H,3-10H2,1-2H3. The molecule has 0 heterocycles. The summed E-state index contributed by atoms with van der Waals surface area (Å²) in [6, 6.07) is 0.743. The molecule has 0 radical (unpaired) electrons. The van der Waals surface area contributed by atoms with E-state index in [1.165, 1.54) is 44.3 Å². The van der Waals surface area contributed by atoms with Crippen LogP contribution in [0.2, 0.25) is 0 Å². The lowest BCUT2D eigenvalue weighted by Crippen LogP contribution is -2.31. The van der Waals surface area contributed by atoms with E-state index in [0.717, 1.165) is 17.8 Å². The molecule has 0 bridgehead atoms. The van der Waals surface area contributed by atoms with Crippen LogP contribution >= 0.6 is 11.8 Å². The molecule has 1 unspecified atom stereocenters. The van der Waals surface area contributed by atoms with E-state index in [2.05, 4.69) is 30.9 Å². The van der Waals surface area contributed by atoms with Crippen LogP contribution in [0.1, 0.15) is 52.4 Å². The largest absolute Gasteiger partial charge is 0.313 e. The van der Waals surface area contributed by atoms with Crippen LogP contribution in [0.3, 0.4) is 0 Å². The third-order valence-corrected chi connectivity index (χ3v) is 4.61. The molecule has 1 fully saturated rings. The zero-order chi connectivity index (χ0) is 10.2. The van der Waals surface area contributed by atoms with E-state index >= 15 is 0 Å². The summed E-state index contributed by atoms with van der Waals surface area (Å²) in [5, 5.41) is 4.52. The molecule has 1 saturated carbocycles. The van der Waals surface area contributed by atoms with Crippen molar-refractivity contribution in [3.05, 3.63) is 0 Å². The van der Waals surface area contributed by atoms with Gasteiger partial charge in [0, 0.05) is 17.0 Å². The third-order valence-electron chi connectivity index (χ3n) is 3.07. The summed E-state index contributed by atoms with van der Waals surface area (Å²) in [5.41, 5.74) is 0. The van der Waals surface area contributed by atoms with Gasteiger partial charge in [0.15, 0.2) is 0 Å². The topological polar surface area (TPSA) is 12.0 Å². The second-order valence-corrected chi connectivity index (χ2v) is 5.59. The smallest absolute Gasteiger partial charge is 0.0155 e. The molecule has 1 nitrogen and oxygen atoms in total. The number of thioether (sulfide) groups is 1. The van der Waals surface area contributed by atoms with Crippen molar-refractivity contribution in [2.45, 2.75) is 63.7 Å². The molecule has 1 aliphatic rings. The van der Waals surface area contributed by atoms with Gasteiger partial charge in [0.1, 0.15) is 0 Å². The first-order chi connectivity index (χ1) is 6.86. The van der Waals surface area contributed by atoms with Crippen molar-refractivity contribution >= 4 is 11.8 Å². The highest BCUT2D eigenvalue weighted by atomic mass is 32.2. The Morgan fingerprint density at radius 1 is 1.21 bits per heavy atom. The Hall–Kier alpha value is 0.310. The fourth-order valence-electron chi connectivity index (χ4n) is 2.09. The predicted octanol–water partition coefficient (Wildman–Crippen LogP) is 3.44. The predicted molar refractivity (Wildman–Crippen MR) is 67.1 cm³/mol. The molecule has 1 N–H and O–H groups in total. The molecule has 0 saturated heterocycles. The van der Waals surface area contributed by atoms with E-state index in [-0.39, 0.29) is 0 Å². The highest BCUT2D eigenvalue weighted by Crippen LogP contribution is 2.28. The summed E-state index contributed by atoms with van der Waals surface area (Å²) in [5.74, 6) is 1.31. The molecule has 0 aromatic heterocycles. The van der Waals surface area contributed by atoms with Crippen molar-refractivity contribution in [3.8, 4) is 0 Å². The van der Waals surface area contributed by atoms with E-state index in [0.29, 0.717) is 0 Å².